The molecule has 2 heterocycles. The van der Waals surface area contributed by atoms with Crippen molar-refractivity contribution in [2.75, 3.05) is 0 Å². The monoisotopic (exact) mass is 113 g/mol. The van der Waals surface area contributed by atoms with Crippen LogP contribution in [0.5, 0.6) is 0 Å². The molecule has 0 radical (unpaired) electrons. The second kappa shape index (κ2) is 1.45. The fourth-order valence-corrected chi connectivity index (χ4v) is 1.80. The quantitative estimate of drug-likeness (QED) is 0.458. The van der Waals surface area contributed by atoms with Crippen molar-refractivity contribution in [3.8, 4) is 0 Å². The van der Waals surface area contributed by atoms with Gasteiger partial charge in [0.2, 0.25) is 0 Å². The molecule has 2 fully saturated rings. The van der Waals surface area contributed by atoms with Crippen molar-refractivity contribution < 1.29 is 5.11 Å². The fourth-order valence-electron chi connectivity index (χ4n) is 1.80. The van der Waals surface area contributed by atoms with Crippen molar-refractivity contribution in [2.45, 2.75) is 37.5 Å². The summed E-state index contributed by atoms with van der Waals surface area (Å²) in [5.74, 6) is 0. The van der Waals surface area contributed by atoms with Gasteiger partial charge in [-0.05, 0) is 19.3 Å². The molecule has 0 aromatic heterocycles. The van der Waals surface area contributed by atoms with Crippen LogP contribution in [-0.2, 0) is 0 Å². The number of aliphatic hydroxyl groups is 1. The molecule has 2 unspecified atom stereocenters. The maximum absolute atomic E-state index is 9.16. The van der Waals surface area contributed by atoms with Crippen LogP contribution in [0.4, 0.5) is 0 Å². The Labute approximate surface area is 48.9 Å². The van der Waals surface area contributed by atoms with Gasteiger partial charge in [0.15, 0.2) is 0 Å². The lowest BCUT2D eigenvalue weighted by Crippen LogP contribution is -2.26. The first-order chi connectivity index (χ1) is 3.86. The Hall–Kier alpha value is -0.0800. The Morgan fingerprint density at radius 3 is 2.50 bits per heavy atom. The third-order valence-corrected chi connectivity index (χ3v) is 2.27. The van der Waals surface area contributed by atoms with Crippen molar-refractivity contribution in [1.29, 1.82) is 0 Å². The second-order valence-corrected chi connectivity index (χ2v) is 2.85. The molecule has 0 amide bonds. The van der Waals surface area contributed by atoms with E-state index >= 15 is 0 Å². The molecule has 0 aromatic carbocycles. The van der Waals surface area contributed by atoms with Crippen molar-refractivity contribution in [3.63, 3.8) is 0 Å². The van der Waals surface area contributed by atoms with E-state index < -0.39 is 0 Å². The molecule has 46 valence electrons. The highest BCUT2D eigenvalue weighted by molar-refractivity contribution is 4.97. The maximum Gasteiger partial charge on any atom is 0.0708 e. The summed E-state index contributed by atoms with van der Waals surface area (Å²) < 4.78 is 0. The van der Waals surface area contributed by atoms with Crippen LogP contribution in [0, 0.1) is 0 Å². The molecule has 0 saturated carbocycles. The van der Waals surface area contributed by atoms with Gasteiger partial charge in [0.25, 0.3) is 0 Å². The SMILES string of the molecule is O[C@H]1CC2CCC1N2. The van der Waals surface area contributed by atoms with Crippen molar-refractivity contribution in [3.05, 3.63) is 0 Å². The predicted molar refractivity (Wildman–Crippen MR) is 30.6 cm³/mol. The minimum absolute atomic E-state index is 0.0336. The largest absolute Gasteiger partial charge is 0.391 e. The van der Waals surface area contributed by atoms with Gasteiger partial charge in [0, 0.05) is 12.1 Å². The fraction of sp³-hybridized carbons (Fsp3) is 1.00. The molecular weight excluding hydrogens is 102 g/mol. The molecule has 8 heavy (non-hydrogen) atoms. The topological polar surface area (TPSA) is 32.3 Å². The summed E-state index contributed by atoms with van der Waals surface area (Å²) in [7, 11) is 0. The van der Waals surface area contributed by atoms with Crippen LogP contribution in [0.2, 0.25) is 0 Å². The van der Waals surface area contributed by atoms with Gasteiger partial charge in [-0.25, -0.2) is 0 Å². The van der Waals surface area contributed by atoms with Gasteiger partial charge in [0.1, 0.15) is 0 Å². The van der Waals surface area contributed by atoms with E-state index in [0.29, 0.717) is 12.1 Å². The van der Waals surface area contributed by atoms with Crippen molar-refractivity contribution in [2.24, 2.45) is 0 Å². The molecule has 3 atom stereocenters. The number of rotatable bonds is 0. The molecule has 2 rings (SSSR count). The molecule has 2 bridgehead atoms. The Morgan fingerprint density at radius 2 is 2.25 bits per heavy atom. The van der Waals surface area contributed by atoms with Crippen molar-refractivity contribution >= 4 is 0 Å². The van der Waals surface area contributed by atoms with E-state index in [1.165, 1.54) is 12.8 Å². The Kier molecular flexibility index (Phi) is 0.866. The van der Waals surface area contributed by atoms with E-state index in [2.05, 4.69) is 5.32 Å². The average Bonchev–Trinajstić information content (AvgIpc) is 2.23. The van der Waals surface area contributed by atoms with Crippen LogP contribution in [0.1, 0.15) is 19.3 Å². The number of nitrogens with one attached hydrogen (secondary N) is 1. The van der Waals surface area contributed by atoms with Gasteiger partial charge < -0.3 is 10.4 Å². The van der Waals surface area contributed by atoms with Gasteiger partial charge in [-0.3, -0.25) is 0 Å². The summed E-state index contributed by atoms with van der Waals surface area (Å²) in [6.07, 6.45) is 3.42. The van der Waals surface area contributed by atoms with Gasteiger partial charge >= 0.3 is 0 Å². The number of aliphatic hydroxyl groups excluding tert-OH is 1. The highest BCUT2D eigenvalue weighted by Crippen LogP contribution is 2.27. The zero-order valence-corrected chi connectivity index (χ0v) is 4.80. The van der Waals surface area contributed by atoms with Crippen LogP contribution in [0.25, 0.3) is 0 Å². The van der Waals surface area contributed by atoms with E-state index in [-0.39, 0.29) is 6.10 Å². The Balaban J connectivity index is 2.11. The minimum atomic E-state index is -0.0336. The van der Waals surface area contributed by atoms with E-state index in [9.17, 15) is 0 Å². The summed E-state index contributed by atoms with van der Waals surface area (Å²) >= 11 is 0. The lowest BCUT2D eigenvalue weighted by molar-refractivity contribution is 0.145. The third-order valence-electron chi connectivity index (χ3n) is 2.27. The molecule has 2 nitrogen and oxygen atoms in total. The van der Waals surface area contributed by atoms with Gasteiger partial charge in [0.05, 0.1) is 6.10 Å². The standard InChI is InChI=1S/C6H11NO/c8-6-3-4-1-2-5(6)7-4/h4-8H,1-3H2/t4?,5?,6-/m0/s1. The molecule has 0 spiro atoms. The maximum atomic E-state index is 9.16. The molecule has 2 saturated heterocycles. The molecule has 2 aliphatic rings. The smallest absolute Gasteiger partial charge is 0.0708 e. The molecule has 0 aliphatic carbocycles. The third kappa shape index (κ3) is 0.501. The van der Waals surface area contributed by atoms with Gasteiger partial charge in [-0.15, -0.1) is 0 Å². The first kappa shape index (κ1) is 4.77. The van der Waals surface area contributed by atoms with Crippen LogP contribution in [0.3, 0.4) is 0 Å². The number of fused-ring (bicyclic) bond motifs is 2. The van der Waals surface area contributed by atoms with E-state index in [4.69, 9.17) is 5.11 Å². The zero-order chi connectivity index (χ0) is 5.56. The molecule has 0 aromatic rings. The highest BCUT2D eigenvalue weighted by Gasteiger charge is 2.37. The zero-order valence-electron chi connectivity index (χ0n) is 4.80. The Bertz CT molecular complexity index is 103. The first-order valence-electron chi connectivity index (χ1n) is 3.30. The normalized spacial score (nSPS) is 52.9. The molecule has 2 aliphatic heterocycles. The second-order valence-electron chi connectivity index (χ2n) is 2.85. The van der Waals surface area contributed by atoms with Crippen LogP contribution in [0.15, 0.2) is 0 Å². The van der Waals surface area contributed by atoms with Crippen LogP contribution < -0.4 is 5.32 Å². The van der Waals surface area contributed by atoms with E-state index in [0.717, 1.165) is 6.42 Å². The summed E-state index contributed by atoms with van der Waals surface area (Å²) in [6, 6.07) is 1.09. The molecule has 2 N–H and O–H groups in total. The lowest BCUT2D eigenvalue weighted by atomic mass is 9.98. The minimum Gasteiger partial charge on any atom is -0.391 e. The van der Waals surface area contributed by atoms with Crippen LogP contribution >= 0.6 is 0 Å². The first-order valence-corrected chi connectivity index (χ1v) is 3.30. The van der Waals surface area contributed by atoms with E-state index in [1.54, 1.807) is 0 Å². The summed E-state index contributed by atoms with van der Waals surface area (Å²) in [5.41, 5.74) is 0. The summed E-state index contributed by atoms with van der Waals surface area (Å²) in [5, 5.41) is 12.5. The van der Waals surface area contributed by atoms with Crippen molar-refractivity contribution in [1.82, 2.24) is 5.32 Å². The highest BCUT2D eigenvalue weighted by atomic mass is 16.3. The van der Waals surface area contributed by atoms with E-state index in [1.807, 2.05) is 0 Å². The number of hydrogen-bond donors (Lipinski definition) is 2. The summed E-state index contributed by atoms with van der Waals surface area (Å²) in [4.78, 5) is 0. The average molecular weight is 113 g/mol. The van der Waals surface area contributed by atoms with Gasteiger partial charge in [-0.2, -0.15) is 0 Å². The molecular formula is C6H11NO. The molecule has 2 heteroatoms. The number of hydrogen-bond acceptors (Lipinski definition) is 2. The predicted octanol–water partition coefficient (Wildman–Crippen LogP) is -0.128. The Morgan fingerprint density at radius 1 is 1.38 bits per heavy atom. The van der Waals surface area contributed by atoms with Gasteiger partial charge in [-0.1, -0.05) is 0 Å². The lowest BCUT2D eigenvalue weighted by Gasteiger charge is -2.12. The summed E-state index contributed by atoms with van der Waals surface area (Å²) in [6.45, 7) is 0. The van der Waals surface area contributed by atoms with Crippen LogP contribution in [-0.4, -0.2) is 23.3 Å².